The van der Waals surface area contributed by atoms with E-state index >= 15 is 0 Å². The summed E-state index contributed by atoms with van der Waals surface area (Å²) in [5.41, 5.74) is -0.731. The Kier molecular flexibility index (Phi) is 7.52. The van der Waals surface area contributed by atoms with Gasteiger partial charge in [0.2, 0.25) is 0 Å². The van der Waals surface area contributed by atoms with Crippen molar-refractivity contribution in [2.24, 2.45) is 10.9 Å². The summed E-state index contributed by atoms with van der Waals surface area (Å²) in [6.45, 7) is 6.59. The van der Waals surface area contributed by atoms with Crippen molar-refractivity contribution < 1.29 is 9.84 Å². The monoisotopic (exact) mass is 394 g/mol. The molecule has 1 aromatic heterocycles. The summed E-state index contributed by atoms with van der Waals surface area (Å²) >= 11 is 1.85. The molecule has 2 aliphatic rings. The lowest BCUT2D eigenvalue weighted by Gasteiger charge is -2.39. The van der Waals surface area contributed by atoms with Gasteiger partial charge in [0.1, 0.15) is 0 Å². The molecule has 1 aromatic rings. The second-order valence-electron chi connectivity index (χ2n) is 7.76. The van der Waals surface area contributed by atoms with E-state index in [0.29, 0.717) is 44.6 Å². The minimum absolute atomic E-state index is 0.421. The van der Waals surface area contributed by atoms with Crippen LogP contribution in [0, 0.1) is 5.92 Å². The number of guanidine groups is 1. The molecule has 0 aromatic carbocycles. The fourth-order valence-corrected chi connectivity index (χ4v) is 5.07. The van der Waals surface area contributed by atoms with Crippen molar-refractivity contribution in [3.05, 3.63) is 22.4 Å². The molecule has 2 fully saturated rings. The number of hydrogen-bond donors (Lipinski definition) is 3. The fourth-order valence-electron chi connectivity index (χ4n) is 4.09. The van der Waals surface area contributed by atoms with Gasteiger partial charge in [0, 0.05) is 50.1 Å². The first-order valence-electron chi connectivity index (χ1n) is 10.2. The highest BCUT2D eigenvalue weighted by Crippen LogP contribution is 2.36. The molecule has 0 bridgehead atoms. The van der Waals surface area contributed by atoms with Crippen molar-refractivity contribution in [1.29, 1.82) is 0 Å². The molecule has 3 N–H and O–H groups in total. The van der Waals surface area contributed by atoms with Gasteiger partial charge in [0.05, 0.1) is 12.1 Å². The Balaban J connectivity index is 1.61. The lowest BCUT2D eigenvalue weighted by Crippen LogP contribution is -2.46. The zero-order chi connectivity index (χ0) is 19.1. The van der Waals surface area contributed by atoms with Gasteiger partial charge in [0.15, 0.2) is 5.96 Å². The highest BCUT2D eigenvalue weighted by Gasteiger charge is 2.32. The summed E-state index contributed by atoms with van der Waals surface area (Å²) in [6, 6.07) is 4.87. The van der Waals surface area contributed by atoms with E-state index < -0.39 is 5.60 Å². The Hall–Kier alpha value is -1.15. The lowest BCUT2D eigenvalue weighted by molar-refractivity contribution is -0.0566. The van der Waals surface area contributed by atoms with Gasteiger partial charge in [-0.2, -0.15) is 0 Å². The minimum atomic E-state index is -0.731. The molecule has 2 unspecified atom stereocenters. The van der Waals surface area contributed by atoms with Crippen molar-refractivity contribution in [3.63, 3.8) is 0 Å². The van der Waals surface area contributed by atoms with Crippen LogP contribution in [0.5, 0.6) is 0 Å². The molecule has 6 nitrogen and oxygen atoms in total. The topological polar surface area (TPSA) is 69.1 Å². The summed E-state index contributed by atoms with van der Waals surface area (Å²) in [4.78, 5) is 8.61. The van der Waals surface area contributed by atoms with Crippen LogP contribution < -0.4 is 10.6 Å². The van der Waals surface area contributed by atoms with Crippen molar-refractivity contribution >= 4 is 17.3 Å². The van der Waals surface area contributed by atoms with Crippen molar-refractivity contribution in [3.8, 4) is 0 Å². The Morgan fingerprint density at radius 1 is 1.41 bits per heavy atom. The first-order chi connectivity index (χ1) is 13.1. The molecule has 3 rings (SSSR count). The molecule has 0 saturated carbocycles. The average Bonchev–Trinajstić information content (AvgIpc) is 3.19. The number of aliphatic imine (C=N–C) groups is 1. The van der Waals surface area contributed by atoms with Crippen molar-refractivity contribution in [2.45, 2.75) is 44.2 Å². The van der Waals surface area contributed by atoms with Crippen LogP contribution in [-0.4, -0.2) is 68.0 Å². The van der Waals surface area contributed by atoms with Crippen LogP contribution in [0.4, 0.5) is 0 Å². The van der Waals surface area contributed by atoms with E-state index in [2.05, 4.69) is 52.0 Å². The van der Waals surface area contributed by atoms with E-state index in [1.165, 1.54) is 17.7 Å². The molecule has 0 amide bonds. The van der Waals surface area contributed by atoms with E-state index in [1.807, 2.05) is 11.3 Å². The molecule has 2 aliphatic heterocycles. The summed E-state index contributed by atoms with van der Waals surface area (Å²) < 4.78 is 5.36. The molecule has 27 heavy (non-hydrogen) atoms. The number of likely N-dealkylation sites (tertiary alicyclic amines) is 1. The maximum Gasteiger partial charge on any atom is 0.191 e. The molecule has 3 heterocycles. The largest absolute Gasteiger partial charge is 0.388 e. The average molecular weight is 395 g/mol. The van der Waals surface area contributed by atoms with Gasteiger partial charge in [-0.05, 0) is 50.7 Å². The van der Waals surface area contributed by atoms with Gasteiger partial charge >= 0.3 is 0 Å². The predicted molar refractivity (Wildman–Crippen MR) is 111 cm³/mol. The molecule has 0 spiro atoms. The van der Waals surface area contributed by atoms with Crippen LogP contribution >= 0.6 is 11.3 Å². The second-order valence-corrected chi connectivity index (χ2v) is 8.74. The first kappa shape index (κ1) is 20.6. The number of ether oxygens (including phenoxy) is 1. The number of rotatable bonds is 6. The van der Waals surface area contributed by atoms with E-state index in [4.69, 9.17) is 4.74 Å². The van der Waals surface area contributed by atoms with Gasteiger partial charge < -0.3 is 20.5 Å². The van der Waals surface area contributed by atoms with Crippen LogP contribution in [0.2, 0.25) is 0 Å². The maximum absolute atomic E-state index is 10.7. The maximum atomic E-state index is 10.7. The number of thiophene rings is 1. The zero-order valence-corrected chi connectivity index (χ0v) is 17.4. The van der Waals surface area contributed by atoms with Crippen LogP contribution in [0.15, 0.2) is 22.5 Å². The molecule has 152 valence electrons. The lowest BCUT2D eigenvalue weighted by atomic mass is 9.88. The summed E-state index contributed by atoms with van der Waals surface area (Å²) in [6.07, 6.45) is 3.77. The normalized spacial score (nSPS) is 26.7. The van der Waals surface area contributed by atoms with E-state index in [9.17, 15) is 5.11 Å². The SMILES string of the molecule is CCNC(=NCC1(O)CCOCC1)NCC1CCCN(C)C1c1cccs1. The third-order valence-corrected chi connectivity index (χ3v) is 6.62. The zero-order valence-electron chi connectivity index (χ0n) is 16.6. The molecular formula is C20H34N4O2S. The minimum Gasteiger partial charge on any atom is -0.388 e. The van der Waals surface area contributed by atoms with Crippen LogP contribution in [0.3, 0.4) is 0 Å². The first-order valence-corrected chi connectivity index (χ1v) is 11.1. The van der Waals surface area contributed by atoms with Gasteiger partial charge in [-0.25, -0.2) is 0 Å². The summed E-state index contributed by atoms with van der Waals surface area (Å²) in [5.74, 6) is 1.35. The standard InChI is InChI=1S/C20H34N4O2S/c1-3-21-19(23-15-20(25)8-11-26-12-9-20)22-14-16-6-4-10-24(2)18(16)17-7-5-13-27-17/h5,7,13,16,18,25H,3-4,6,8-12,14-15H2,1-2H3,(H2,21,22,23). The molecule has 0 aliphatic carbocycles. The number of piperidine rings is 1. The van der Waals surface area contributed by atoms with Gasteiger partial charge in [-0.3, -0.25) is 9.89 Å². The smallest absolute Gasteiger partial charge is 0.191 e. The quantitative estimate of drug-likeness (QED) is 0.510. The Bertz CT molecular complexity index is 587. The molecular weight excluding hydrogens is 360 g/mol. The van der Waals surface area contributed by atoms with Gasteiger partial charge in [0.25, 0.3) is 0 Å². The molecule has 2 atom stereocenters. The summed E-state index contributed by atoms with van der Waals surface area (Å²) in [7, 11) is 2.23. The van der Waals surface area contributed by atoms with Crippen molar-refractivity contribution in [1.82, 2.24) is 15.5 Å². The number of nitrogens with one attached hydrogen (secondary N) is 2. The molecule has 7 heteroatoms. The fraction of sp³-hybridized carbons (Fsp3) is 0.750. The molecule has 2 saturated heterocycles. The molecule has 0 radical (unpaired) electrons. The Morgan fingerprint density at radius 3 is 2.93 bits per heavy atom. The van der Waals surface area contributed by atoms with Crippen LogP contribution in [-0.2, 0) is 4.74 Å². The second kappa shape index (κ2) is 9.87. The van der Waals surface area contributed by atoms with Crippen molar-refractivity contribution in [2.75, 3.05) is 46.4 Å². The number of aliphatic hydroxyl groups is 1. The number of nitrogens with zero attached hydrogens (tertiary/aromatic N) is 2. The third-order valence-electron chi connectivity index (χ3n) is 5.67. The van der Waals surface area contributed by atoms with E-state index in [1.54, 1.807) is 0 Å². The summed E-state index contributed by atoms with van der Waals surface area (Å²) in [5, 5.41) is 19.7. The Morgan fingerprint density at radius 2 is 2.22 bits per heavy atom. The van der Waals surface area contributed by atoms with E-state index in [0.717, 1.165) is 25.6 Å². The predicted octanol–water partition coefficient (Wildman–Crippen LogP) is 2.23. The van der Waals surface area contributed by atoms with E-state index in [-0.39, 0.29) is 0 Å². The number of hydrogen-bond acceptors (Lipinski definition) is 5. The van der Waals surface area contributed by atoms with Gasteiger partial charge in [-0.1, -0.05) is 6.07 Å². The van der Waals surface area contributed by atoms with Gasteiger partial charge in [-0.15, -0.1) is 11.3 Å². The Labute approximate surface area is 167 Å². The highest BCUT2D eigenvalue weighted by atomic mass is 32.1. The van der Waals surface area contributed by atoms with Crippen LogP contribution in [0.1, 0.15) is 43.5 Å². The third kappa shape index (κ3) is 5.67. The highest BCUT2D eigenvalue weighted by molar-refractivity contribution is 7.10. The van der Waals surface area contributed by atoms with Crippen LogP contribution in [0.25, 0.3) is 0 Å².